The van der Waals surface area contributed by atoms with Crippen molar-refractivity contribution in [1.29, 1.82) is 0 Å². The predicted octanol–water partition coefficient (Wildman–Crippen LogP) is 2.90. The summed E-state index contributed by atoms with van der Waals surface area (Å²) >= 11 is 6.16. The van der Waals surface area contributed by atoms with Crippen LogP contribution in [0.25, 0.3) is 11.2 Å². The molecule has 3 N–H and O–H groups in total. The van der Waals surface area contributed by atoms with Crippen molar-refractivity contribution in [2.75, 3.05) is 5.75 Å². The quantitative estimate of drug-likeness (QED) is 0.384. The maximum Gasteiger partial charge on any atom is 0.277 e. The number of ketones is 1. The molecule has 0 aliphatic carbocycles. The standard InChI is InChI=1S/C15H14N4O2S2/c1-7-3-4-9(8(2)5-7)10(20)6-23-15-16-11-12(18-15)17-14(22)19-13(11)21/h3-5H,6H2,1-2H3,(H3,16,17,18,19,21,22). The third kappa shape index (κ3) is 3.27. The average Bonchev–Trinajstić information content (AvgIpc) is 2.88. The van der Waals surface area contributed by atoms with E-state index in [4.69, 9.17) is 12.2 Å². The molecule has 0 spiro atoms. The first kappa shape index (κ1) is 15.7. The van der Waals surface area contributed by atoms with E-state index in [0.29, 0.717) is 21.9 Å². The van der Waals surface area contributed by atoms with Crippen LogP contribution in [-0.2, 0) is 0 Å². The van der Waals surface area contributed by atoms with Gasteiger partial charge >= 0.3 is 0 Å². The number of aromatic amines is 3. The topological polar surface area (TPSA) is 94.4 Å². The Bertz CT molecular complexity index is 1020. The molecule has 3 aromatic rings. The van der Waals surface area contributed by atoms with Crippen molar-refractivity contribution in [3.05, 3.63) is 50.0 Å². The molecular formula is C15H14N4O2S2. The summed E-state index contributed by atoms with van der Waals surface area (Å²) in [6.45, 7) is 3.91. The van der Waals surface area contributed by atoms with Crippen molar-refractivity contribution < 1.29 is 4.79 Å². The fourth-order valence-corrected chi connectivity index (χ4v) is 3.26. The van der Waals surface area contributed by atoms with Crippen LogP contribution in [0.4, 0.5) is 0 Å². The number of imidazole rings is 1. The molecule has 0 atom stereocenters. The van der Waals surface area contributed by atoms with Gasteiger partial charge in [-0.3, -0.25) is 14.6 Å². The molecule has 6 nitrogen and oxygen atoms in total. The Hall–Kier alpha value is -2.19. The number of aromatic nitrogens is 4. The Morgan fingerprint density at radius 3 is 2.78 bits per heavy atom. The minimum absolute atomic E-state index is 0.0230. The largest absolute Gasteiger partial charge is 0.327 e. The normalized spacial score (nSPS) is 11.0. The van der Waals surface area contributed by atoms with Crippen molar-refractivity contribution in [2.24, 2.45) is 0 Å². The fraction of sp³-hybridized carbons (Fsp3) is 0.200. The van der Waals surface area contributed by atoms with Gasteiger partial charge in [-0.2, -0.15) is 0 Å². The van der Waals surface area contributed by atoms with Crippen molar-refractivity contribution in [3.8, 4) is 0 Å². The molecule has 0 bridgehead atoms. The summed E-state index contributed by atoms with van der Waals surface area (Å²) in [5, 5.41) is 0.500. The number of rotatable bonds is 4. The number of benzene rings is 1. The van der Waals surface area contributed by atoms with E-state index in [0.717, 1.165) is 11.1 Å². The second-order valence-corrected chi connectivity index (χ2v) is 6.58. The molecule has 0 fully saturated rings. The number of thioether (sulfide) groups is 1. The molecule has 8 heteroatoms. The number of hydrogen-bond acceptors (Lipinski definition) is 5. The number of H-pyrrole nitrogens is 3. The lowest BCUT2D eigenvalue weighted by atomic mass is 10.0. The molecule has 0 aliphatic rings. The van der Waals surface area contributed by atoms with Gasteiger partial charge in [0.1, 0.15) is 5.52 Å². The van der Waals surface area contributed by atoms with Gasteiger partial charge in [-0.15, -0.1) is 0 Å². The number of Topliss-reactive ketones (excluding diaryl/α,β-unsaturated/α-hetero) is 1. The average molecular weight is 346 g/mol. The van der Waals surface area contributed by atoms with Crippen molar-refractivity contribution in [2.45, 2.75) is 19.0 Å². The lowest BCUT2D eigenvalue weighted by Crippen LogP contribution is -2.07. The van der Waals surface area contributed by atoms with E-state index in [1.165, 1.54) is 11.8 Å². The second-order valence-electron chi connectivity index (χ2n) is 5.20. The highest BCUT2D eigenvalue weighted by Crippen LogP contribution is 2.19. The first-order valence-corrected chi connectivity index (χ1v) is 8.29. The lowest BCUT2D eigenvalue weighted by molar-refractivity contribution is 0.102. The van der Waals surface area contributed by atoms with Crippen LogP contribution in [0.15, 0.2) is 28.2 Å². The van der Waals surface area contributed by atoms with Gasteiger partial charge in [0.15, 0.2) is 21.4 Å². The fourth-order valence-electron chi connectivity index (χ4n) is 2.32. The van der Waals surface area contributed by atoms with E-state index in [9.17, 15) is 9.59 Å². The maximum absolute atomic E-state index is 12.3. The van der Waals surface area contributed by atoms with E-state index in [1.54, 1.807) is 0 Å². The van der Waals surface area contributed by atoms with Crippen LogP contribution in [0.2, 0.25) is 0 Å². The number of nitrogens with zero attached hydrogens (tertiary/aromatic N) is 1. The molecule has 0 saturated heterocycles. The van der Waals surface area contributed by atoms with E-state index < -0.39 is 0 Å². The van der Waals surface area contributed by atoms with Crippen LogP contribution in [0.1, 0.15) is 21.5 Å². The summed E-state index contributed by atoms with van der Waals surface area (Å²) in [6.07, 6.45) is 0. The zero-order valence-corrected chi connectivity index (χ0v) is 14.2. The Morgan fingerprint density at radius 1 is 1.26 bits per heavy atom. The van der Waals surface area contributed by atoms with Crippen LogP contribution in [0.5, 0.6) is 0 Å². The van der Waals surface area contributed by atoms with Crippen molar-refractivity contribution in [3.63, 3.8) is 0 Å². The van der Waals surface area contributed by atoms with Gasteiger partial charge in [0.25, 0.3) is 5.56 Å². The molecule has 0 unspecified atom stereocenters. The van der Waals surface area contributed by atoms with Gasteiger partial charge < -0.3 is 9.97 Å². The van der Waals surface area contributed by atoms with Crippen molar-refractivity contribution >= 4 is 40.9 Å². The maximum atomic E-state index is 12.3. The highest BCUT2D eigenvalue weighted by Gasteiger charge is 2.12. The first-order valence-electron chi connectivity index (χ1n) is 6.89. The Balaban J connectivity index is 1.80. The number of nitrogens with one attached hydrogen (secondary N) is 3. The van der Waals surface area contributed by atoms with Crippen LogP contribution in [-0.4, -0.2) is 31.5 Å². The number of hydrogen-bond donors (Lipinski definition) is 3. The van der Waals surface area contributed by atoms with Gasteiger partial charge in [-0.05, 0) is 31.6 Å². The van der Waals surface area contributed by atoms with Crippen LogP contribution < -0.4 is 5.56 Å². The predicted molar refractivity (Wildman–Crippen MR) is 92.9 cm³/mol. The second kappa shape index (κ2) is 6.13. The van der Waals surface area contributed by atoms with E-state index >= 15 is 0 Å². The molecule has 118 valence electrons. The van der Waals surface area contributed by atoms with E-state index in [-0.39, 0.29) is 21.9 Å². The summed E-state index contributed by atoms with van der Waals surface area (Å²) in [4.78, 5) is 36.5. The van der Waals surface area contributed by atoms with E-state index in [2.05, 4.69) is 19.9 Å². The molecule has 0 saturated carbocycles. The number of aryl methyl sites for hydroxylation is 2. The van der Waals surface area contributed by atoms with Crippen molar-refractivity contribution in [1.82, 2.24) is 19.9 Å². The minimum atomic E-state index is -0.330. The van der Waals surface area contributed by atoms with Crippen LogP contribution in [0, 0.1) is 18.6 Å². The lowest BCUT2D eigenvalue weighted by Gasteiger charge is -2.05. The summed E-state index contributed by atoms with van der Waals surface area (Å²) < 4.78 is 0.219. The van der Waals surface area contributed by atoms with Crippen LogP contribution in [0.3, 0.4) is 0 Å². The molecule has 2 aromatic heterocycles. The van der Waals surface area contributed by atoms with Crippen LogP contribution >= 0.6 is 24.0 Å². The Labute approximate surface area is 140 Å². The molecular weight excluding hydrogens is 332 g/mol. The van der Waals surface area contributed by atoms with Gasteiger partial charge in [0, 0.05) is 5.56 Å². The summed E-state index contributed by atoms with van der Waals surface area (Å²) in [5.41, 5.74) is 3.17. The van der Waals surface area contributed by atoms with Gasteiger partial charge in [0.05, 0.1) is 5.75 Å². The highest BCUT2D eigenvalue weighted by atomic mass is 32.2. The first-order chi connectivity index (χ1) is 10.9. The van der Waals surface area contributed by atoms with Gasteiger partial charge in [0.2, 0.25) is 0 Å². The van der Waals surface area contributed by atoms with Gasteiger partial charge in [-0.1, -0.05) is 35.5 Å². The summed E-state index contributed by atoms with van der Waals surface area (Å²) in [6, 6.07) is 5.75. The third-order valence-corrected chi connectivity index (χ3v) is 4.47. The summed E-state index contributed by atoms with van der Waals surface area (Å²) in [5.74, 6) is 0.261. The Morgan fingerprint density at radius 2 is 2.04 bits per heavy atom. The molecule has 1 aromatic carbocycles. The molecule has 23 heavy (non-hydrogen) atoms. The minimum Gasteiger partial charge on any atom is -0.327 e. The number of carbonyl (C=O) groups excluding carboxylic acids is 1. The van der Waals surface area contributed by atoms with E-state index in [1.807, 2.05) is 32.0 Å². The molecule has 0 radical (unpaired) electrons. The zero-order valence-electron chi connectivity index (χ0n) is 12.5. The third-order valence-electron chi connectivity index (χ3n) is 3.39. The molecule has 3 rings (SSSR count). The SMILES string of the molecule is Cc1ccc(C(=O)CSc2nc3[nH]c(=S)[nH]c(=O)c3[nH]2)c(C)c1. The number of fused-ring (bicyclic) bond motifs is 1. The van der Waals surface area contributed by atoms with Gasteiger partial charge in [-0.25, -0.2) is 4.98 Å². The number of carbonyl (C=O) groups is 1. The monoisotopic (exact) mass is 346 g/mol. The molecule has 0 aliphatic heterocycles. The highest BCUT2D eigenvalue weighted by molar-refractivity contribution is 7.99. The summed E-state index contributed by atoms with van der Waals surface area (Å²) in [7, 11) is 0. The molecule has 0 amide bonds. The Kier molecular flexibility index (Phi) is 4.18. The zero-order chi connectivity index (χ0) is 16.6. The smallest absolute Gasteiger partial charge is 0.277 e. The molecule has 2 heterocycles.